The Hall–Kier alpha value is -1.79. The van der Waals surface area contributed by atoms with Crippen LogP contribution in [0.3, 0.4) is 0 Å². The summed E-state index contributed by atoms with van der Waals surface area (Å²) in [5, 5.41) is 43.0. The van der Waals surface area contributed by atoms with Crippen molar-refractivity contribution in [3.63, 3.8) is 0 Å². The first-order chi connectivity index (χ1) is 10.2. The first-order valence-corrected chi connectivity index (χ1v) is 6.32. The van der Waals surface area contributed by atoms with Gasteiger partial charge in [0.2, 0.25) is 0 Å². The van der Waals surface area contributed by atoms with E-state index in [2.05, 4.69) is 5.32 Å². The maximum Gasteiger partial charge on any atom is 0.322 e. The molecule has 1 heterocycles. The summed E-state index contributed by atoms with van der Waals surface area (Å²) < 4.78 is 0. The number of nitrogens with one attached hydrogen (secondary N) is 1. The minimum atomic E-state index is -1.18. The molecule has 1 fully saturated rings. The van der Waals surface area contributed by atoms with E-state index in [9.17, 15) is 14.4 Å². The minimum absolute atomic E-state index is 0.269. The summed E-state index contributed by atoms with van der Waals surface area (Å²) in [6.07, 6.45) is 1.78. The summed E-state index contributed by atoms with van der Waals surface area (Å²) in [6, 6.07) is -2.52. The number of aliphatic hydroxyl groups excluding tert-OH is 2. The normalized spacial score (nSPS) is 18.8. The number of aliphatic hydroxyl groups is 2. The van der Waals surface area contributed by atoms with Gasteiger partial charge in [-0.15, -0.1) is 0 Å². The Morgan fingerprint density at radius 1 is 1.00 bits per heavy atom. The van der Waals surface area contributed by atoms with Crippen LogP contribution >= 0.6 is 0 Å². The van der Waals surface area contributed by atoms with Crippen LogP contribution < -0.4 is 16.8 Å². The molecule has 0 spiro atoms. The van der Waals surface area contributed by atoms with Gasteiger partial charge in [-0.3, -0.25) is 14.4 Å². The van der Waals surface area contributed by atoms with Gasteiger partial charge in [-0.25, -0.2) is 0 Å². The van der Waals surface area contributed by atoms with Gasteiger partial charge in [0.25, 0.3) is 0 Å². The van der Waals surface area contributed by atoms with Crippen molar-refractivity contribution in [1.29, 1.82) is 0 Å². The van der Waals surface area contributed by atoms with E-state index in [1.54, 1.807) is 0 Å². The summed E-state index contributed by atoms with van der Waals surface area (Å²) in [6.45, 7) is -0.151. The Morgan fingerprint density at radius 3 is 1.50 bits per heavy atom. The monoisotopic (exact) mass is 325 g/mol. The molecular weight excluding hydrogens is 302 g/mol. The summed E-state index contributed by atoms with van der Waals surface area (Å²) >= 11 is 0. The highest BCUT2D eigenvalue weighted by Gasteiger charge is 2.20. The van der Waals surface area contributed by atoms with Crippen LogP contribution in [0.2, 0.25) is 0 Å². The van der Waals surface area contributed by atoms with Crippen molar-refractivity contribution in [2.24, 2.45) is 11.5 Å². The number of aliphatic carboxylic acids is 3. The summed E-state index contributed by atoms with van der Waals surface area (Å²) in [5.74, 6) is -3.08. The summed E-state index contributed by atoms with van der Waals surface area (Å²) in [5.41, 5.74) is 9.53. The maximum atomic E-state index is 10.1. The van der Waals surface area contributed by atoms with E-state index in [0.717, 1.165) is 19.4 Å². The van der Waals surface area contributed by atoms with E-state index in [4.69, 9.17) is 37.0 Å². The van der Waals surface area contributed by atoms with Crippen LogP contribution in [0.4, 0.5) is 0 Å². The molecule has 22 heavy (non-hydrogen) atoms. The van der Waals surface area contributed by atoms with Gasteiger partial charge in [-0.2, -0.15) is 0 Å². The number of nitrogens with two attached hydrogens (primary N) is 2. The van der Waals surface area contributed by atoms with Crippen molar-refractivity contribution < 1.29 is 39.9 Å². The minimum Gasteiger partial charge on any atom is -0.480 e. The van der Waals surface area contributed by atoms with E-state index in [1.165, 1.54) is 0 Å². The van der Waals surface area contributed by atoms with Gasteiger partial charge in [0, 0.05) is 0 Å². The lowest BCUT2D eigenvalue weighted by atomic mass is 10.2. The fraction of sp³-hybridized carbons (Fsp3) is 0.727. The topological polar surface area (TPSA) is 216 Å². The Bertz CT molecular complexity index is 326. The molecule has 0 aromatic carbocycles. The van der Waals surface area contributed by atoms with Gasteiger partial charge in [-0.05, 0) is 19.4 Å². The lowest BCUT2D eigenvalue weighted by molar-refractivity contribution is -0.140. The van der Waals surface area contributed by atoms with E-state index < -0.39 is 43.2 Å². The van der Waals surface area contributed by atoms with Gasteiger partial charge in [-0.1, -0.05) is 0 Å². The molecule has 0 aromatic heterocycles. The first-order valence-electron chi connectivity index (χ1n) is 6.32. The Kier molecular flexibility index (Phi) is 13.2. The molecule has 10 N–H and O–H groups in total. The molecule has 0 amide bonds. The molecule has 130 valence electrons. The number of hydrogen-bond donors (Lipinski definition) is 8. The lowest BCUT2D eigenvalue weighted by Crippen LogP contribution is -2.33. The van der Waals surface area contributed by atoms with Crippen molar-refractivity contribution in [2.45, 2.75) is 31.0 Å². The van der Waals surface area contributed by atoms with Gasteiger partial charge in [0.1, 0.15) is 18.1 Å². The van der Waals surface area contributed by atoms with Crippen LogP contribution in [0, 0.1) is 0 Å². The molecule has 0 aliphatic carbocycles. The van der Waals surface area contributed by atoms with Crippen molar-refractivity contribution in [2.75, 3.05) is 19.8 Å². The predicted molar refractivity (Wildman–Crippen MR) is 74.1 cm³/mol. The predicted octanol–water partition coefficient (Wildman–Crippen LogP) is -3.40. The second kappa shape index (κ2) is 12.9. The molecular formula is C11H23N3O8. The van der Waals surface area contributed by atoms with Gasteiger partial charge >= 0.3 is 17.9 Å². The maximum absolute atomic E-state index is 10.1. The van der Waals surface area contributed by atoms with Crippen molar-refractivity contribution in [3.8, 4) is 0 Å². The Labute approximate surface area is 126 Å². The molecule has 1 aliphatic rings. The Morgan fingerprint density at radius 2 is 1.41 bits per heavy atom. The van der Waals surface area contributed by atoms with Crippen LogP contribution in [0.25, 0.3) is 0 Å². The number of carbonyl (C=O) groups is 3. The molecule has 1 aliphatic heterocycles. The van der Waals surface area contributed by atoms with Crippen molar-refractivity contribution in [1.82, 2.24) is 5.32 Å². The number of carboxylic acids is 3. The summed E-state index contributed by atoms with van der Waals surface area (Å²) in [4.78, 5) is 29.4. The lowest BCUT2D eigenvalue weighted by Gasteiger charge is -1.99. The molecule has 3 atom stereocenters. The van der Waals surface area contributed by atoms with Crippen LogP contribution in [0.1, 0.15) is 12.8 Å². The average Bonchev–Trinajstić information content (AvgIpc) is 3.01. The molecule has 0 unspecified atom stereocenters. The fourth-order valence-electron chi connectivity index (χ4n) is 1.05. The van der Waals surface area contributed by atoms with E-state index in [0.29, 0.717) is 0 Å². The van der Waals surface area contributed by atoms with Crippen LogP contribution in [-0.2, 0) is 14.4 Å². The number of carboxylic acid groups (broad SMARTS) is 3. The third-order valence-electron chi connectivity index (χ3n) is 2.39. The molecule has 0 aromatic rings. The largest absolute Gasteiger partial charge is 0.480 e. The van der Waals surface area contributed by atoms with Crippen molar-refractivity contribution >= 4 is 17.9 Å². The van der Waals surface area contributed by atoms with Crippen LogP contribution in [0.5, 0.6) is 0 Å². The molecule has 1 saturated heterocycles. The highest BCUT2D eigenvalue weighted by Crippen LogP contribution is 2.03. The second-order valence-corrected chi connectivity index (χ2v) is 4.24. The number of hydrogen-bond acceptors (Lipinski definition) is 8. The average molecular weight is 325 g/mol. The van der Waals surface area contributed by atoms with E-state index in [1.807, 2.05) is 0 Å². The van der Waals surface area contributed by atoms with Crippen LogP contribution in [-0.4, -0.2) is 81.3 Å². The zero-order valence-electron chi connectivity index (χ0n) is 11.9. The molecule has 1 rings (SSSR count). The third kappa shape index (κ3) is 12.0. The highest BCUT2D eigenvalue weighted by atomic mass is 16.4. The molecule has 11 nitrogen and oxygen atoms in total. The molecule has 0 saturated carbocycles. The van der Waals surface area contributed by atoms with Gasteiger partial charge < -0.3 is 42.3 Å². The van der Waals surface area contributed by atoms with Gasteiger partial charge in [0.15, 0.2) is 0 Å². The third-order valence-corrected chi connectivity index (χ3v) is 2.39. The quantitative estimate of drug-likeness (QED) is 0.249. The van der Waals surface area contributed by atoms with E-state index in [-0.39, 0.29) is 6.04 Å². The van der Waals surface area contributed by atoms with Gasteiger partial charge in [0.05, 0.1) is 13.2 Å². The molecule has 0 bridgehead atoms. The zero-order chi connectivity index (χ0) is 17.7. The zero-order valence-corrected chi connectivity index (χ0v) is 11.9. The standard InChI is InChI=1S/C5H9NO2.2C3H7NO3/c7-5(8)4-2-1-3-6-4;2*4-2(1-5)3(6)7/h4,6H,1-3H2,(H,7,8);2*2,5H,1,4H2,(H,6,7)/t4-;2*2-/m000/s1. The Balaban J connectivity index is 0. The smallest absolute Gasteiger partial charge is 0.322 e. The van der Waals surface area contributed by atoms with Crippen LogP contribution in [0.15, 0.2) is 0 Å². The number of rotatable bonds is 5. The fourth-order valence-corrected chi connectivity index (χ4v) is 1.05. The van der Waals surface area contributed by atoms with E-state index >= 15 is 0 Å². The first kappa shape index (κ1) is 22.5. The second-order valence-electron chi connectivity index (χ2n) is 4.24. The summed E-state index contributed by atoms with van der Waals surface area (Å²) in [7, 11) is 0. The molecule has 11 heteroatoms. The SMILES string of the molecule is N[C@@H](CO)C(=O)O.N[C@@H](CO)C(=O)O.O=C(O)[C@@H]1CCCN1. The van der Waals surface area contributed by atoms with Crippen molar-refractivity contribution in [3.05, 3.63) is 0 Å². The highest BCUT2D eigenvalue weighted by molar-refractivity contribution is 5.74. The molecule has 0 radical (unpaired) electrons.